The molecule has 2 rings (SSSR count). The van der Waals surface area contributed by atoms with E-state index in [-0.39, 0.29) is 12.3 Å². The summed E-state index contributed by atoms with van der Waals surface area (Å²) in [6.07, 6.45) is 1.26. The minimum absolute atomic E-state index is 0.173. The van der Waals surface area contributed by atoms with Crippen molar-refractivity contribution in [1.82, 2.24) is 4.31 Å². The van der Waals surface area contributed by atoms with Gasteiger partial charge in [-0.2, -0.15) is 4.31 Å². The Kier molecular flexibility index (Phi) is 3.56. The van der Waals surface area contributed by atoms with E-state index in [1.807, 2.05) is 0 Å². The third-order valence-corrected chi connectivity index (χ3v) is 5.06. The number of hydrogen-bond acceptors (Lipinski definition) is 4. The van der Waals surface area contributed by atoms with E-state index in [0.29, 0.717) is 19.4 Å². The summed E-state index contributed by atoms with van der Waals surface area (Å²) in [6, 6.07) is 3.02. The Labute approximate surface area is 105 Å². The second-order valence-electron chi connectivity index (χ2n) is 4.28. The first-order valence-corrected chi connectivity index (χ1v) is 7.08. The van der Waals surface area contributed by atoms with Gasteiger partial charge in [0.25, 0.3) is 0 Å². The van der Waals surface area contributed by atoms with Crippen LogP contribution in [0, 0.1) is 5.82 Å². The molecule has 1 saturated heterocycles. The monoisotopic (exact) mass is 274 g/mol. The number of hydrogen-bond donors (Lipinski definition) is 2. The molecular weight excluding hydrogens is 259 g/mol. The highest BCUT2D eigenvalue weighted by Gasteiger charge is 2.36. The second kappa shape index (κ2) is 4.83. The third kappa shape index (κ3) is 2.21. The fraction of sp³-hybridized carbons (Fsp3) is 0.455. The van der Waals surface area contributed by atoms with Crippen molar-refractivity contribution >= 4 is 15.7 Å². The minimum Gasteiger partial charge on any atom is -0.399 e. The predicted molar refractivity (Wildman–Crippen MR) is 64.8 cm³/mol. The summed E-state index contributed by atoms with van der Waals surface area (Å²) < 4.78 is 39.4. The van der Waals surface area contributed by atoms with E-state index in [4.69, 9.17) is 10.8 Å². The molecule has 100 valence electrons. The number of anilines is 1. The summed E-state index contributed by atoms with van der Waals surface area (Å²) in [5.41, 5.74) is 5.56. The average Bonchev–Trinajstić information content (AvgIpc) is 2.76. The molecular formula is C11H15FN2O3S. The Morgan fingerprint density at radius 1 is 1.50 bits per heavy atom. The van der Waals surface area contributed by atoms with Gasteiger partial charge in [-0.1, -0.05) is 0 Å². The molecule has 1 aromatic carbocycles. The fourth-order valence-corrected chi connectivity index (χ4v) is 3.89. The van der Waals surface area contributed by atoms with E-state index in [2.05, 4.69) is 0 Å². The van der Waals surface area contributed by atoms with E-state index >= 15 is 0 Å². The van der Waals surface area contributed by atoms with E-state index in [1.165, 1.54) is 6.07 Å². The molecule has 0 radical (unpaired) electrons. The zero-order chi connectivity index (χ0) is 13.3. The van der Waals surface area contributed by atoms with Gasteiger partial charge >= 0.3 is 0 Å². The number of halogens is 1. The van der Waals surface area contributed by atoms with Crippen LogP contribution in [0.5, 0.6) is 0 Å². The lowest BCUT2D eigenvalue weighted by molar-refractivity contribution is 0.213. The van der Waals surface area contributed by atoms with Crippen LogP contribution in [-0.4, -0.2) is 37.0 Å². The number of sulfonamides is 1. The van der Waals surface area contributed by atoms with Crippen LogP contribution in [0.3, 0.4) is 0 Å². The first-order valence-electron chi connectivity index (χ1n) is 5.64. The molecule has 1 atom stereocenters. The first-order chi connectivity index (χ1) is 8.46. The highest BCUT2D eigenvalue weighted by atomic mass is 32.2. The molecule has 1 aromatic rings. The van der Waals surface area contributed by atoms with Crippen LogP contribution in [0.2, 0.25) is 0 Å². The third-order valence-electron chi connectivity index (χ3n) is 3.08. The quantitative estimate of drug-likeness (QED) is 0.789. The van der Waals surface area contributed by atoms with Crippen molar-refractivity contribution in [3.8, 4) is 0 Å². The normalized spacial score (nSPS) is 21.3. The molecule has 18 heavy (non-hydrogen) atoms. The zero-order valence-corrected chi connectivity index (χ0v) is 10.5. The molecule has 0 spiro atoms. The molecule has 0 aromatic heterocycles. The largest absolute Gasteiger partial charge is 0.399 e. The number of nitrogen functional groups attached to an aromatic ring is 1. The highest BCUT2D eigenvalue weighted by molar-refractivity contribution is 7.89. The predicted octanol–water partition coefficient (Wildman–Crippen LogP) is 0.553. The summed E-state index contributed by atoms with van der Waals surface area (Å²) in [4.78, 5) is -0.392. The van der Waals surface area contributed by atoms with Gasteiger partial charge in [-0.25, -0.2) is 12.8 Å². The summed E-state index contributed by atoms with van der Waals surface area (Å²) >= 11 is 0. The fourth-order valence-electron chi connectivity index (χ4n) is 2.16. The van der Waals surface area contributed by atoms with E-state index in [1.54, 1.807) is 0 Å². The maximum absolute atomic E-state index is 13.7. The van der Waals surface area contributed by atoms with Gasteiger partial charge in [0.05, 0.1) is 6.61 Å². The van der Waals surface area contributed by atoms with Crippen molar-refractivity contribution in [2.45, 2.75) is 23.8 Å². The van der Waals surface area contributed by atoms with Gasteiger partial charge in [0.1, 0.15) is 10.7 Å². The molecule has 1 aliphatic heterocycles. The number of aliphatic hydroxyl groups is 1. The van der Waals surface area contributed by atoms with Crippen molar-refractivity contribution in [1.29, 1.82) is 0 Å². The molecule has 7 heteroatoms. The molecule has 0 saturated carbocycles. The highest BCUT2D eigenvalue weighted by Crippen LogP contribution is 2.27. The molecule has 1 fully saturated rings. The molecule has 0 bridgehead atoms. The molecule has 5 nitrogen and oxygen atoms in total. The Morgan fingerprint density at radius 2 is 2.22 bits per heavy atom. The van der Waals surface area contributed by atoms with Crippen LogP contribution in [0.25, 0.3) is 0 Å². The average molecular weight is 274 g/mol. The van der Waals surface area contributed by atoms with Crippen molar-refractivity contribution in [3.63, 3.8) is 0 Å². The number of benzene rings is 1. The molecule has 1 heterocycles. The Bertz CT molecular complexity index is 547. The van der Waals surface area contributed by atoms with Crippen LogP contribution in [0.1, 0.15) is 12.8 Å². The van der Waals surface area contributed by atoms with E-state index in [9.17, 15) is 12.8 Å². The number of nitrogens with two attached hydrogens (primary N) is 1. The van der Waals surface area contributed by atoms with E-state index < -0.39 is 26.8 Å². The maximum Gasteiger partial charge on any atom is 0.246 e. The molecule has 0 aliphatic carbocycles. The van der Waals surface area contributed by atoms with Crippen LogP contribution in [-0.2, 0) is 10.0 Å². The van der Waals surface area contributed by atoms with Crippen LogP contribution >= 0.6 is 0 Å². The Morgan fingerprint density at radius 3 is 2.83 bits per heavy atom. The van der Waals surface area contributed by atoms with Crippen LogP contribution in [0.15, 0.2) is 23.1 Å². The second-order valence-corrected chi connectivity index (χ2v) is 6.14. The van der Waals surface area contributed by atoms with Gasteiger partial charge in [-0.3, -0.25) is 0 Å². The van der Waals surface area contributed by atoms with Gasteiger partial charge < -0.3 is 10.8 Å². The lowest BCUT2D eigenvalue weighted by Gasteiger charge is -2.22. The number of nitrogens with zero attached hydrogens (tertiary/aromatic N) is 1. The number of rotatable bonds is 3. The Balaban J connectivity index is 2.42. The molecule has 3 N–H and O–H groups in total. The smallest absolute Gasteiger partial charge is 0.246 e. The van der Waals surface area contributed by atoms with Crippen molar-refractivity contribution < 1.29 is 17.9 Å². The van der Waals surface area contributed by atoms with E-state index in [0.717, 1.165) is 16.4 Å². The van der Waals surface area contributed by atoms with Crippen molar-refractivity contribution in [3.05, 3.63) is 24.0 Å². The lowest BCUT2D eigenvalue weighted by atomic mass is 10.2. The minimum atomic E-state index is -3.90. The molecule has 0 unspecified atom stereocenters. The topological polar surface area (TPSA) is 83.6 Å². The van der Waals surface area contributed by atoms with Gasteiger partial charge in [0.15, 0.2) is 0 Å². The first kappa shape index (κ1) is 13.3. The van der Waals surface area contributed by atoms with Crippen LogP contribution < -0.4 is 5.73 Å². The summed E-state index contributed by atoms with van der Waals surface area (Å²) in [5.74, 6) is -0.862. The SMILES string of the molecule is Nc1ccc(S(=O)(=O)N2CCC[C@H]2CO)c(F)c1. The van der Waals surface area contributed by atoms with Crippen molar-refractivity contribution in [2.75, 3.05) is 18.9 Å². The van der Waals surface area contributed by atoms with Crippen molar-refractivity contribution in [2.24, 2.45) is 0 Å². The molecule has 0 amide bonds. The van der Waals surface area contributed by atoms with Crippen LogP contribution in [0.4, 0.5) is 10.1 Å². The van der Waals surface area contributed by atoms with Gasteiger partial charge in [0.2, 0.25) is 10.0 Å². The molecule has 1 aliphatic rings. The summed E-state index contributed by atoms with van der Waals surface area (Å²) in [5, 5.41) is 9.14. The standard InChI is InChI=1S/C11H15FN2O3S/c12-10-6-8(13)3-4-11(10)18(16,17)14-5-1-2-9(14)7-15/h3-4,6,9,15H,1-2,5,7,13H2/t9-/m0/s1. The van der Waals surface area contributed by atoms with Gasteiger partial charge in [0, 0.05) is 18.3 Å². The Hall–Kier alpha value is -1.18. The number of aliphatic hydroxyl groups excluding tert-OH is 1. The summed E-state index contributed by atoms with van der Waals surface area (Å²) in [7, 11) is -3.90. The maximum atomic E-state index is 13.7. The summed E-state index contributed by atoms with van der Waals surface area (Å²) in [6.45, 7) is 0.0488. The zero-order valence-electron chi connectivity index (χ0n) is 9.71. The van der Waals surface area contributed by atoms with Gasteiger partial charge in [-0.15, -0.1) is 0 Å². The lowest BCUT2D eigenvalue weighted by Crippen LogP contribution is -2.37. The van der Waals surface area contributed by atoms with Gasteiger partial charge in [-0.05, 0) is 31.0 Å².